The number of carbonyl (C=O) groups excluding carboxylic acids is 1. The van der Waals surface area contributed by atoms with Crippen molar-refractivity contribution in [2.24, 2.45) is 0 Å². The summed E-state index contributed by atoms with van der Waals surface area (Å²) in [4.78, 5) is 23.4. The van der Waals surface area contributed by atoms with Gasteiger partial charge in [-0.3, -0.25) is 10.1 Å². The zero-order valence-corrected chi connectivity index (χ0v) is 13.1. The average Bonchev–Trinajstić information content (AvgIpc) is 2.55. The third-order valence-electron chi connectivity index (χ3n) is 3.54. The molecule has 0 aliphatic rings. The summed E-state index contributed by atoms with van der Waals surface area (Å²) in [6.45, 7) is 3.69. The standard InChI is InChI=1S/C18H20N2O3/c1-12(15-10-6-7-11-16(15)18(22)23)19-13(2)20-17(21)14-8-4-3-5-9-14/h3-13,19H,1-2H3,(H,20,21)(H,22,23). The first-order valence-electron chi connectivity index (χ1n) is 7.43. The zero-order valence-electron chi connectivity index (χ0n) is 13.1. The second-order valence-electron chi connectivity index (χ2n) is 5.34. The van der Waals surface area contributed by atoms with Gasteiger partial charge in [0.1, 0.15) is 0 Å². The Labute approximate surface area is 135 Å². The highest BCUT2D eigenvalue weighted by molar-refractivity contribution is 5.94. The van der Waals surface area contributed by atoms with Crippen LogP contribution in [0.4, 0.5) is 0 Å². The Hall–Kier alpha value is -2.66. The van der Waals surface area contributed by atoms with Gasteiger partial charge in [-0.1, -0.05) is 36.4 Å². The van der Waals surface area contributed by atoms with Crippen molar-refractivity contribution < 1.29 is 14.7 Å². The van der Waals surface area contributed by atoms with Crippen molar-refractivity contribution in [1.82, 2.24) is 10.6 Å². The number of carboxylic acids is 1. The molecule has 0 saturated carbocycles. The van der Waals surface area contributed by atoms with Gasteiger partial charge in [-0.2, -0.15) is 0 Å². The van der Waals surface area contributed by atoms with Gasteiger partial charge in [-0.15, -0.1) is 0 Å². The van der Waals surface area contributed by atoms with Crippen LogP contribution in [-0.2, 0) is 0 Å². The molecule has 2 aromatic rings. The second-order valence-corrected chi connectivity index (χ2v) is 5.34. The van der Waals surface area contributed by atoms with E-state index < -0.39 is 5.97 Å². The van der Waals surface area contributed by atoms with E-state index in [4.69, 9.17) is 0 Å². The van der Waals surface area contributed by atoms with Crippen LogP contribution in [0.1, 0.15) is 46.2 Å². The molecule has 120 valence electrons. The van der Waals surface area contributed by atoms with E-state index in [9.17, 15) is 14.7 Å². The highest BCUT2D eigenvalue weighted by Gasteiger charge is 2.17. The molecule has 1 amide bonds. The van der Waals surface area contributed by atoms with Crippen LogP contribution >= 0.6 is 0 Å². The molecule has 0 spiro atoms. The molecule has 2 unspecified atom stereocenters. The lowest BCUT2D eigenvalue weighted by Gasteiger charge is -2.22. The van der Waals surface area contributed by atoms with E-state index >= 15 is 0 Å². The number of amides is 1. The van der Waals surface area contributed by atoms with Crippen LogP contribution in [0.2, 0.25) is 0 Å². The van der Waals surface area contributed by atoms with Crippen molar-refractivity contribution in [3.05, 3.63) is 71.3 Å². The maximum Gasteiger partial charge on any atom is 0.336 e. The van der Waals surface area contributed by atoms with Crippen LogP contribution in [0.15, 0.2) is 54.6 Å². The van der Waals surface area contributed by atoms with E-state index in [1.54, 1.807) is 48.5 Å². The fourth-order valence-electron chi connectivity index (χ4n) is 2.45. The van der Waals surface area contributed by atoms with Crippen molar-refractivity contribution in [3.8, 4) is 0 Å². The van der Waals surface area contributed by atoms with Gasteiger partial charge in [0.25, 0.3) is 5.91 Å². The van der Waals surface area contributed by atoms with Crippen LogP contribution < -0.4 is 10.6 Å². The first-order chi connectivity index (χ1) is 11.0. The Morgan fingerprint density at radius 1 is 0.957 bits per heavy atom. The van der Waals surface area contributed by atoms with E-state index in [-0.39, 0.29) is 23.7 Å². The SMILES string of the molecule is CC(NC(=O)c1ccccc1)NC(C)c1ccccc1C(=O)O. The van der Waals surface area contributed by atoms with Crippen LogP contribution in [0.3, 0.4) is 0 Å². The molecule has 3 N–H and O–H groups in total. The summed E-state index contributed by atoms with van der Waals surface area (Å²) in [5.74, 6) is -1.14. The van der Waals surface area contributed by atoms with Gasteiger partial charge in [0, 0.05) is 11.6 Å². The molecule has 0 heterocycles. The summed E-state index contributed by atoms with van der Waals surface area (Å²) in [7, 11) is 0. The molecule has 0 radical (unpaired) electrons. The summed E-state index contributed by atoms with van der Waals surface area (Å²) >= 11 is 0. The number of hydrogen-bond acceptors (Lipinski definition) is 3. The van der Waals surface area contributed by atoms with Crippen molar-refractivity contribution in [2.75, 3.05) is 0 Å². The molecule has 5 heteroatoms. The fourth-order valence-corrected chi connectivity index (χ4v) is 2.45. The molecule has 2 aromatic carbocycles. The van der Waals surface area contributed by atoms with E-state index in [0.717, 1.165) is 0 Å². The van der Waals surface area contributed by atoms with Gasteiger partial charge >= 0.3 is 5.97 Å². The summed E-state index contributed by atoms with van der Waals surface area (Å²) in [5.41, 5.74) is 1.52. The van der Waals surface area contributed by atoms with Crippen molar-refractivity contribution in [1.29, 1.82) is 0 Å². The minimum Gasteiger partial charge on any atom is -0.478 e. The predicted molar refractivity (Wildman–Crippen MR) is 88.3 cm³/mol. The fraction of sp³-hybridized carbons (Fsp3) is 0.222. The summed E-state index contributed by atoms with van der Waals surface area (Å²) < 4.78 is 0. The Balaban J connectivity index is 2.02. The summed E-state index contributed by atoms with van der Waals surface area (Å²) in [6.07, 6.45) is -0.306. The van der Waals surface area contributed by atoms with Crippen LogP contribution in [0.25, 0.3) is 0 Å². The highest BCUT2D eigenvalue weighted by atomic mass is 16.4. The average molecular weight is 312 g/mol. The van der Waals surface area contributed by atoms with Crippen LogP contribution in [0.5, 0.6) is 0 Å². The monoisotopic (exact) mass is 312 g/mol. The Morgan fingerprint density at radius 3 is 2.22 bits per heavy atom. The van der Waals surface area contributed by atoms with Gasteiger partial charge in [0.05, 0.1) is 11.7 Å². The first-order valence-corrected chi connectivity index (χ1v) is 7.43. The predicted octanol–water partition coefficient (Wildman–Crippen LogP) is 2.81. The number of nitrogens with one attached hydrogen (secondary N) is 2. The molecular weight excluding hydrogens is 292 g/mol. The minimum atomic E-state index is -0.963. The summed E-state index contributed by atoms with van der Waals surface area (Å²) in [5, 5.41) is 15.3. The molecule has 0 aliphatic heterocycles. The first kappa shape index (κ1) is 16.7. The molecule has 2 rings (SSSR count). The molecule has 0 saturated heterocycles. The highest BCUT2D eigenvalue weighted by Crippen LogP contribution is 2.18. The van der Waals surface area contributed by atoms with Gasteiger partial charge in [-0.05, 0) is 37.6 Å². The van der Waals surface area contributed by atoms with Crippen molar-refractivity contribution >= 4 is 11.9 Å². The number of rotatable bonds is 6. The normalized spacial score (nSPS) is 13.1. The van der Waals surface area contributed by atoms with Gasteiger partial charge < -0.3 is 10.4 Å². The molecule has 23 heavy (non-hydrogen) atoms. The quantitative estimate of drug-likeness (QED) is 0.717. The smallest absolute Gasteiger partial charge is 0.336 e. The second kappa shape index (κ2) is 7.56. The lowest BCUT2D eigenvalue weighted by atomic mass is 10.0. The maximum absolute atomic E-state index is 12.1. The number of carbonyl (C=O) groups is 2. The Morgan fingerprint density at radius 2 is 1.57 bits per heavy atom. The van der Waals surface area contributed by atoms with E-state index in [1.165, 1.54) is 0 Å². The lowest BCUT2D eigenvalue weighted by Crippen LogP contribution is -2.44. The molecule has 0 aliphatic carbocycles. The number of hydrogen-bond donors (Lipinski definition) is 3. The molecular formula is C18H20N2O3. The number of aromatic carboxylic acids is 1. The molecule has 0 aromatic heterocycles. The number of carboxylic acid groups (broad SMARTS) is 1. The van der Waals surface area contributed by atoms with Gasteiger partial charge in [-0.25, -0.2) is 4.79 Å². The maximum atomic E-state index is 12.1. The van der Waals surface area contributed by atoms with Gasteiger partial charge in [0.15, 0.2) is 0 Å². The molecule has 0 bridgehead atoms. The summed E-state index contributed by atoms with van der Waals surface area (Å²) in [6, 6.07) is 15.6. The third-order valence-corrected chi connectivity index (χ3v) is 3.54. The van der Waals surface area contributed by atoms with Crippen molar-refractivity contribution in [2.45, 2.75) is 26.1 Å². The van der Waals surface area contributed by atoms with Crippen LogP contribution in [0, 0.1) is 0 Å². The zero-order chi connectivity index (χ0) is 16.8. The van der Waals surface area contributed by atoms with Crippen LogP contribution in [-0.4, -0.2) is 23.1 Å². The molecule has 2 atom stereocenters. The third kappa shape index (κ3) is 4.40. The Bertz CT molecular complexity index is 686. The van der Waals surface area contributed by atoms with E-state index in [2.05, 4.69) is 10.6 Å². The Kier molecular flexibility index (Phi) is 5.49. The molecule has 0 fully saturated rings. The molecule has 5 nitrogen and oxygen atoms in total. The van der Waals surface area contributed by atoms with Crippen molar-refractivity contribution in [3.63, 3.8) is 0 Å². The minimum absolute atomic E-state index is 0.177. The largest absolute Gasteiger partial charge is 0.478 e. The van der Waals surface area contributed by atoms with E-state index in [1.807, 2.05) is 19.9 Å². The van der Waals surface area contributed by atoms with Gasteiger partial charge in [0.2, 0.25) is 0 Å². The topological polar surface area (TPSA) is 78.4 Å². The lowest BCUT2D eigenvalue weighted by molar-refractivity contribution is 0.0694. The number of benzene rings is 2. The van der Waals surface area contributed by atoms with E-state index in [0.29, 0.717) is 11.1 Å².